The van der Waals surface area contributed by atoms with Crippen molar-refractivity contribution in [3.63, 3.8) is 0 Å². The van der Waals surface area contributed by atoms with E-state index in [1.807, 2.05) is 13.8 Å². The van der Waals surface area contributed by atoms with Gasteiger partial charge in [0, 0.05) is 6.07 Å². The van der Waals surface area contributed by atoms with Crippen LogP contribution in [-0.2, 0) is 9.53 Å². The first kappa shape index (κ1) is 20.3. The number of benzene rings is 2. The maximum Gasteiger partial charge on any atom is 0.344 e. The van der Waals surface area contributed by atoms with Crippen LogP contribution in [-0.4, -0.2) is 25.8 Å². The van der Waals surface area contributed by atoms with Gasteiger partial charge in [0.25, 0.3) is 0 Å². The Hall–Kier alpha value is -3.48. The first-order valence-electron chi connectivity index (χ1n) is 9.20. The highest BCUT2D eigenvalue weighted by atomic mass is 16.6. The molecule has 0 fully saturated rings. The molecule has 29 heavy (non-hydrogen) atoms. The van der Waals surface area contributed by atoms with Gasteiger partial charge < -0.3 is 23.4 Å². The molecule has 1 heterocycles. The molecule has 7 heteroatoms. The zero-order valence-corrected chi connectivity index (χ0v) is 16.5. The SMILES string of the molecule is CC[C@@H](C)OC(=O)COc1ccc2c(=O)c(Oc3ccc(OC)cc3)coc2c1. The molecule has 0 aliphatic carbocycles. The normalized spacial score (nSPS) is 11.7. The van der Waals surface area contributed by atoms with Crippen LogP contribution in [0.4, 0.5) is 0 Å². The molecule has 0 unspecified atom stereocenters. The zero-order valence-electron chi connectivity index (χ0n) is 16.5. The van der Waals surface area contributed by atoms with Crippen molar-refractivity contribution < 1.29 is 28.2 Å². The fourth-order valence-corrected chi connectivity index (χ4v) is 2.51. The number of hydrogen-bond donors (Lipinski definition) is 0. The van der Waals surface area contributed by atoms with Gasteiger partial charge in [-0.1, -0.05) is 6.92 Å². The molecule has 0 saturated heterocycles. The zero-order chi connectivity index (χ0) is 20.8. The molecule has 0 N–H and O–H groups in total. The number of methoxy groups -OCH3 is 1. The van der Waals surface area contributed by atoms with E-state index < -0.39 is 5.97 Å². The highest BCUT2D eigenvalue weighted by molar-refractivity contribution is 5.79. The van der Waals surface area contributed by atoms with Crippen molar-refractivity contribution in [1.82, 2.24) is 0 Å². The van der Waals surface area contributed by atoms with E-state index in [0.717, 1.165) is 6.42 Å². The molecule has 1 atom stereocenters. The van der Waals surface area contributed by atoms with Gasteiger partial charge in [-0.15, -0.1) is 0 Å². The number of carbonyl (C=O) groups is 1. The number of esters is 1. The molecule has 3 aromatic rings. The number of hydrogen-bond acceptors (Lipinski definition) is 7. The largest absolute Gasteiger partial charge is 0.497 e. The molecule has 0 bridgehead atoms. The lowest BCUT2D eigenvalue weighted by atomic mass is 10.2. The van der Waals surface area contributed by atoms with Gasteiger partial charge in [-0.3, -0.25) is 4.79 Å². The molecule has 0 saturated carbocycles. The Bertz CT molecular complexity index is 1040. The second-order valence-electron chi connectivity index (χ2n) is 6.36. The van der Waals surface area contributed by atoms with Gasteiger partial charge in [-0.2, -0.15) is 0 Å². The van der Waals surface area contributed by atoms with Crippen molar-refractivity contribution in [2.24, 2.45) is 0 Å². The van der Waals surface area contributed by atoms with Crippen molar-refractivity contribution >= 4 is 16.9 Å². The van der Waals surface area contributed by atoms with Crippen molar-refractivity contribution in [2.45, 2.75) is 26.4 Å². The maximum absolute atomic E-state index is 12.7. The molecule has 0 amide bonds. The third-order valence-electron chi connectivity index (χ3n) is 4.27. The molecule has 2 aromatic carbocycles. The van der Waals surface area contributed by atoms with Crippen LogP contribution in [0.15, 0.2) is 57.9 Å². The summed E-state index contributed by atoms with van der Waals surface area (Å²) in [4.78, 5) is 24.4. The topological polar surface area (TPSA) is 84.2 Å². The van der Waals surface area contributed by atoms with Gasteiger partial charge in [0.2, 0.25) is 11.2 Å². The Morgan fingerprint density at radius 1 is 1.07 bits per heavy atom. The Morgan fingerprint density at radius 3 is 2.45 bits per heavy atom. The van der Waals surface area contributed by atoms with E-state index in [1.54, 1.807) is 49.6 Å². The summed E-state index contributed by atoms with van der Waals surface area (Å²) in [5.41, 5.74) is 0.00896. The van der Waals surface area contributed by atoms with E-state index in [4.69, 9.17) is 23.4 Å². The molecular formula is C22H22O7. The average Bonchev–Trinajstić information content (AvgIpc) is 2.74. The van der Waals surface area contributed by atoms with Gasteiger partial charge in [-0.25, -0.2) is 4.79 Å². The van der Waals surface area contributed by atoms with Crippen molar-refractivity contribution in [1.29, 1.82) is 0 Å². The number of fused-ring (bicyclic) bond motifs is 1. The summed E-state index contributed by atoms with van der Waals surface area (Å²) < 4.78 is 26.8. The Balaban J connectivity index is 1.73. The fraction of sp³-hybridized carbons (Fsp3) is 0.273. The van der Waals surface area contributed by atoms with E-state index in [0.29, 0.717) is 28.2 Å². The molecular weight excluding hydrogens is 376 g/mol. The third-order valence-corrected chi connectivity index (χ3v) is 4.27. The minimum absolute atomic E-state index is 0.0634. The highest BCUT2D eigenvalue weighted by Crippen LogP contribution is 2.25. The van der Waals surface area contributed by atoms with Crippen molar-refractivity contribution in [3.05, 3.63) is 59.0 Å². The quantitative estimate of drug-likeness (QED) is 0.523. The predicted octanol–water partition coefficient (Wildman–Crippen LogP) is 4.31. The Labute approximate surface area is 167 Å². The first-order valence-corrected chi connectivity index (χ1v) is 9.20. The summed E-state index contributed by atoms with van der Waals surface area (Å²) in [5.74, 6) is 1.17. The van der Waals surface area contributed by atoms with E-state index >= 15 is 0 Å². The number of ether oxygens (including phenoxy) is 4. The molecule has 7 nitrogen and oxygen atoms in total. The van der Waals surface area contributed by atoms with Crippen molar-refractivity contribution in [2.75, 3.05) is 13.7 Å². The molecule has 0 spiro atoms. The highest BCUT2D eigenvalue weighted by Gasteiger charge is 2.12. The van der Waals surface area contributed by atoms with Crippen LogP contribution in [0.5, 0.6) is 23.0 Å². The van der Waals surface area contributed by atoms with Crippen LogP contribution in [0, 0.1) is 0 Å². The van der Waals surface area contributed by atoms with Crippen LogP contribution in [0.3, 0.4) is 0 Å². The molecule has 3 rings (SSSR count). The van der Waals surface area contributed by atoms with Gasteiger partial charge in [0.15, 0.2) is 6.61 Å². The maximum atomic E-state index is 12.7. The minimum Gasteiger partial charge on any atom is -0.497 e. The summed E-state index contributed by atoms with van der Waals surface area (Å²) in [6.07, 6.45) is 1.81. The van der Waals surface area contributed by atoms with Gasteiger partial charge in [0.05, 0.1) is 18.6 Å². The lowest BCUT2D eigenvalue weighted by Crippen LogP contribution is -2.20. The van der Waals surface area contributed by atoms with E-state index in [-0.39, 0.29) is 23.9 Å². The second kappa shape index (κ2) is 9.14. The monoisotopic (exact) mass is 398 g/mol. The lowest BCUT2D eigenvalue weighted by molar-refractivity contribution is -0.150. The first-order chi connectivity index (χ1) is 14.0. The number of rotatable bonds is 8. The van der Waals surface area contributed by atoms with Crippen molar-refractivity contribution in [3.8, 4) is 23.0 Å². The Morgan fingerprint density at radius 2 is 1.76 bits per heavy atom. The van der Waals surface area contributed by atoms with E-state index in [9.17, 15) is 9.59 Å². The summed E-state index contributed by atoms with van der Waals surface area (Å²) in [6.45, 7) is 3.52. The van der Waals surface area contributed by atoms with Gasteiger partial charge in [-0.05, 0) is 49.7 Å². The molecule has 0 radical (unpaired) electrons. The molecule has 152 valence electrons. The summed E-state index contributed by atoms with van der Waals surface area (Å²) in [6, 6.07) is 11.5. The van der Waals surface area contributed by atoms with Crippen LogP contribution in [0.1, 0.15) is 20.3 Å². The Kier molecular flexibility index (Phi) is 6.39. The molecule has 1 aromatic heterocycles. The van der Waals surface area contributed by atoms with Crippen LogP contribution in [0.2, 0.25) is 0 Å². The van der Waals surface area contributed by atoms with Gasteiger partial charge in [0.1, 0.15) is 29.1 Å². The standard InChI is InChI=1S/C22H22O7/c1-4-14(2)28-21(23)13-26-17-9-10-18-19(11-17)27-12-20(22(18)24)29-16-7-5-15(25-3)6-8-16/h5-12,14H,4,13H2,1-3H3/t14-/m1/s1. The fourth-order valence-electron chi connectivity index (χ4n) is 2.51. The summed E-state index contributed by atoms with van der Waals surface area (Å²) in [5, 5.41) is 0.338. The predicted molar refractivity (Wildman–Crippen MR) is 107 cm³/mol. The lowest BCUT2D eigenvalue weighted by Gasteiger charge is -2.11. The van der Waals surface area contributed by atoms with Gasteiger partial charge >= 0.3 is 5.97 Å². The van der Waals surface area contributed by atoms with E-state index in [1.165, 1.54) is 6.26 Å². The summed E-state index contributed by atoms with van der Waals surface area (Å²) in [7, 11) is 1.57. The van der Waals surface area contributed by atoms with Crippen LogP contribution in [0.25, 0.3) is 11.0 Å². The summed E-state index contributed by atoms with van der Waals surface area (Å²) >= 11 is 0. The third kappa shape index (κ3) is 5.07. The number of carbonyl (C=O) groups excluding carboxylic acids is 1. The van der Waals surface area contributed by atoms with Crippen LogP contribution < -0.4 is 19.6 Å². The second-order valence-corrected chi connectivity index (χ2v) is 6.36. The van der Waals surface area contributed by atoms with Crippen LogP contribution >= 0.6 is 0 Å². The smallest absolute Gasteiger partial charge is 0.344 e. The molecule has 0 aliphatic rings. The average molecular weight is 398 g/mol. The minimum atomic E-state index is -0.455. The van der Waals surface area contributed by atoms with E-state index in [2.05, 4.69) is 0 Å². The molecule has 0 aliphatic heterocycles.